The van der Waals surface area contributed by atoms with Crippen molar-refractivity contribution >= 4 is 11.6 Å². The van der Waals surface area contributed by atoms with Crippen LogP contribution in [0.3, 0.4) is 0 Å². The maximum Gasteiger partial charge on any atom is 0.225 e. The van der Waals surface area contributed by atoms with Crippen LogP contribution in [0.1, 0.15) is 32.8 Å². The number of rotatable bonds is 5. The van der Waals surface area contributed by atoms with E-state index in [2.05, 4.69) is 34.5 Å². The minimum absolute atomic E-state index is 0.121. The molecule has 0 aliphatic carbocycles. The average molecular weight is 304 g/mol. The van der Waals surface area contributed by atoms with Crippen molar-refractivity contribution in [3.63, 3.8) is 0 Å². The Hall–Kier alpha value is -1.55. The minimum atomic E-state index is -0.306. The topological polar surface area (TPSA) is 41.6 Å². The number of hydrogen-bond acceptors (Lipinski definition) is 3. The molecular formula is C18H28N2O2. The summed E-state index contributed by atoms with van der Waals surface area (Å²) in [4.78, 5) is 14.1. The van der Waals surface area contributed by atoms with E-state index in [1.165, 1.54) is 11.3 Å². The molecule has 1 heterocycles. The van der Waals surface area contributed by atoms with Crippen molar-refractivity contribution in [3.05, 3.63) is 29.8 Å². The third-order valence-electron chi connectivity index (χ3n) is 3.92. The Balaban J connectivity index is 1.73. The highest BCUT2D eigenvalue weighted by Crippen LogP contribution is 2.17. The zero-order chi connectivity index (χ0) is 16.0. The molecule has 0 atom stereocenters. The van der Waals surface area contributed by atoms with Crippen LogP contribution in [0.25, 0.3) is 0 Å². The van der Waals surface area contributed by atoms with Gasteiger partial charge in [0.25, 0.3) is 0 Å². The number of anilines is 1. The molecule has 0 radical (unpaired) electrons. The van der Waals surface area contributed by atoms with E-state index in [9.17, 15) is 4.79 Å². The maximum atomic E-state index is 11.8. The van der Waals surface area contributed by atoms with E-state index >= 15 is 0 Å². The van der Waals surface area contributed by atoms with E-state index in [4.69, 9.17) is 4.74 Å². The maximum absolute atomic E-state index is 11.8. The molecule has 1 amide bonds. The van der Waals surface area contributed by atoms with E-state index in [1.54, 1.807) is 0 Å². The van der Waals surface area contributed by atoms with Crippen LogP contribution in [0.2, 0.25) is 0 Å². The Bertz CT molecular complexity index is 471. The van der Waals surface area contributed by atoms with Gasteiger partial charge in [0.2, 0.25) is 5.91 Å². The molecule has 0 saturated carbocycles. The highest BCUT2D eigenvalue weighted by Gasteiger charge is 2.20. The smallest absolute Gasteiger partial charge is 0.225 e. The summed E-state index contributed by atoms with van der Waals surface area (Å²) in [6.45, 7) is 10.1. The normalized spacial score (nSPS) is 15.7. The first-order valence-electron chi connectivity index (χ1n) is 8.17. The van der Waals surface area contributed by atoms with Crippen molar-refractivity contribution in [2.75, 3.05) is 37.7 Å². The number of carbonyl (C=O) groups is 1. The summed E-state index contributed by atoms with van der Waals surface area (Å²) in [6.07, 6.45) is 1.96. The third kappa shape index (κ3) is 5.02. The van der Waals surface area contributed by atoms with Crippen LogP contribution in [0, 0.1) is 5.41 Å². The van der Waals surface area contributed by atoms with E-state index in [0.29, 0.717) is 0 Å². The van der Waals surface area contributed by atoms with Crippen molar-refractivity contribution in [1.82, 2.24) is 5.32 Å². The monoisotopic (exact) mass is 304 g/mol. The molecular weight excluding hydrogens is 276 g/mol. The fourth-order valence-electron chi connectivity index (χ4n) is 2.45. The predicted octanol–water partition coefficient (Wildman–Crippen LogP) is 2.62. The molecule has 4 heteroatoms. The number of morpholine rings is 1. The van der Waals surface area contributed by atoms with Gasteiger partial charge in [-0.3, -0.25) is 4.79 Å². The van der Waals surface area contributed by atoms with Gasteiger partial charge in [0.1, 0.15) is 0 Å². The first-order chi connectivity index (χ1) is 10.5. The van der Waals surface area contributed by atoms with Crippen molar-refractivity contribution in [1.29, 1.82) is 0 Å². The highest BCUT2D eigenvalue weighted by atomic mass is 16.5. The number of carbonyl (C=O) groups excluding carboxylic acids is 1. The summed E-state index contributed by atoms with van der Waals surface area (Å²) in [5.41, 5.74) is 2.29. The molecule has 1 fully saturated rings. The second-order valence-electron chi connectivity index (χ2n) is 6.88. The van der Waals surface area contributed by atoms with Crippen LogP contribution >= 0.6 is 0 Å². The number of benzene rings is 1. The Labute approximate surface area is 133 Å². The van der Waals surface area contributed by atoms with Gasteiger partial charge < -0.3 is 15.0 Å². The summed E-state index contributed by atoms with van der Waals surface area (Å²) in [5.74, 6) is 0.121. The lowest BCUT2D eigenvalue weighted by Crippen LogP contribution is -2.36. The van der Waals surface area contributed by atoms with Gasteiger partial charge in [-0.05, 0) is 30.5 Å². The zero-order valence-corrected chi connectivity index (χ0v) is 14.0. The molecule has 122 valence electrons. The number of hydrogen-bond donors (Lipinski definition) is 1. The molecule has 1 aliphatic heterocycles. The van der Waals surface area contributed by atoms with Crippen LogP contribution in [0.5, 0.6) is 0 Å². The van der Waals surface area contributed by atoms with Crippen LogP contribution in [0.4, 0.5) is 5.69 Å². The molecule has 1 aliphatic rings. The summed E-state index contributed by atoms with van der Waals surface area (Å²) >= 11 is 0. The number of amides is 1. The second kappa shape index (κ2) is 7.63. The number of nitrogens with one attached hydrogen (secondary N) is 1. The number of aryl methyl sites for hydroxylation is 1. The number of ether oxygens (including phenoxy) is 1. The van der Waals surface area contributed by atoms with Crippen LogP contribution in [-0.4, -0.2) is 38.8 Å². The lowest BCUT2D eigenvalue weighted by atomic mass is 9.95. The van der Waals surface area contributed by atoms with Gasteiger partial charge in [-0.25, -0.2) is 0 Å². The molecule has 1 aromatic carbocycles. The van der Waals surface area contributed by atoms with Crippen LogP contribution in [0.15, 0.2) is 24.3 Å². The minimum Gasteiger partial charge on any atom is -0.378 e. The molecule has 1 aromatic rings. The largest absolute Gasteiger partial charge is 0.378 e. The first kappa shape index (κ1) is 16.8. The van der Waals surface area contributed by atoms with E-state index in [1.807, 2.05) is 20.8 Å². The Morgan fingerprint density at radius 3 is 2.41 bits per heavy atom. The van der Waals surface area contributed by atoms with Crippen molar-refractivity contribution in [2.24, 2.45) is 5.41 Å². The molecule has 1 saturated heterocycles. The molecule has 22 heavy (non-hydrogen) atoms. The lowest BCUT2D eigenvalue weighted by molar-refractivity contribution is -0.128. The van der Waals surface area contributed by atoms with Gasteiger partial charge in [0.15, 0.2) is 0 Å². The lowest BCUT2D eigenvalue weighted by Gasteiger charge is -2.28. The van der Waals surface area contributed by atoms with Crippen molar-refractivity contribution in [2.45, 2.75) is 33.6 Å². The fourth-order valence-corrected chi connectivity index (χ4v) is 2.45. The molecule has 0 bridgehead atoms. The van der Waals surface area contributed by atoms with E-state index in [0.717, 1.165) is 45.7 Å². The summed E-state index contributed by atoms with van der Waals surface area (Å²) in [6, 6.07) is 8.76. The van der Waals surface area contributed by atoms with Crippen LogP contribution in [-0.2, 0) is 16.0 Å². The number of nitrogens with zero attached hydrogens (tertiary/aromatic N) is 1. The van der Waals surface area contributed by atoms with Gasteiger partial charge >= 0.3 is 0 Å². The highest BCUT2D eigenvalue weighted by molar-refractivity contribution is 5.81. The van der Waals surface area contributed by atoms with Gasteiger partial charge in [-0.1, -0.05) is 32.9 Å². The Kier molecular flexibility index (Phi) is 5.83. The molecule has 0 unspecified atom stereocenters. The van der Waals surface area contributed by atoms with Gasteiger partial charge in [0.05, 0.1) is 13.2 Å². The molecule has 0 spiro atoms. The quantitative estimate of drug-likeness (QED) is 0.850. The summed E-state index contributed by atoms with van der Waals surface area (Å²) in [5, 5.41) is 2.99. The molecule has 2 rings (SSSR count). The summed E-state index contributed by atoms with van der Waals surface area (Å²) in [7, 11) is 0. The van der Waals surface area contributed by atoms with Crippen LogP contribution < -0.4 is 10.2 Å². The Morgan fingerprint density at radius 1 is 1.18 bits per heavy atom. The van der Waals surface area contributed by atoms with Gasteiger partial charge in [0, 0.05) is 30.7 Å². The van der Waals surface area contributed by atoms with Crippen molar-refractivity contribution < 1.29 is 9.53 Å². The standard InChI is InChI=1S/C18H28N2O2/c1-18(2,3)17(21)19-10-4-5-15-6-8-16(9-7-15)20-11-13-22-14-12-20/h6-9H,4-5,10-14H2,1-3H3,(H,19,21). The van der Waals surface area contributed by atoms with E-state index < -0.39 is 0 Å². The zero-order valence-electron chi connectivity index (χ0n) is 14.0. The summed E-state index contributed by atoms with van der Waals surface area (Å²) < 4.78 is 5.38. The molecule has 1 N–H and O–H groups in total. The fraction of sp³-hybridized carbons (Fsp3) is 0.611. The van der Waals surface area contributed by atoms with E-state index in [-0.39, 0.29) is 11.3 Å². The molecule has 4 nitrogen and oxygen atoms in total. The third-order valence-corrected chi connectivity index (χ3v) is 3.92. The SMILES string of the molecule is CC(C)(C)C(=O)NCCCc1ccc(N2CCOCC2)cc1. The van der Waals surface area contributed by atoms with Crippen molar-refractivity contribution in [3.8, 4) is 0 Å². The molecule has 0 aromatic heterocycles. The first-order valence-corrected chi connectivity index (χ1v) is 8.17. The van der Waals surface area contributed by atoms with Gasteiger partial charge in [-0.15, -0.1) is 0 Å². The van der Waals surface area contributed by atoms with Gasteiger partial charge in [-0.2, -0.15) is 0 Å². The average Bonchev–Trinajstić information content (AvgIpc) is 2.52. The second-order valence-corrected chi connectivity index (χ2v) is 6.88. The predicted molar refractivity (Wildman–Crippen MR) is 90.3 cm³/mol. The Morgan fingerprint density at radius 2 is 1.82 bits per heavy atom.